The summed E-state index contributed by atoms with van der Waals surface area (Å²) in [6.45, 7) is 1.16. The van der Waals surface area contributed by atoms with Gasteiger partial charge in [0.25, 0.3) is 0 Å². The smallest absolute Gasteiger partial charge is 0.341 e. The Hall–Kier alpha value is -2.82. The quantitative estimate of drug-likeness (QED) is 0.671. The summed E-state index contributed by atoms with van der Waals surface area (Å²) >= 11 is 1.32. The lowest BCUT2D eigenvalue weighted by atomic mass is 10.2. The van der Waals surface area contributed by atoms with E-state index in [2.05, 4.69) is 9.97 Å². The fourth-order valence-corrected chi connectivity index (χ4v) is 3.86. The molecular weight excluding hydrogens is 370 g/mol. The summed E-state index contributed by atoms with van der Waals surface area (Å²) in [5.41, 5.74) is 5.55. The minimum Gasteiger partial charge on any atom is -0.477 e. The maximum absolute atomic E-state index is 12.6. The normalized spacial score (nSPS) is 19.7. The van der Waals surface area contributed by atoms with E-state index in [1.807, 2.05) is 4.90 Å². The summed E-state index contributed by atoms with van der Waals surface area (Å²) in [4.78, 5) is 34.9. The van der Waals surface area contributed by atoms with Crippen LogP contribution >= 0.6 is 11.3 Å². The molecule has 0 spiro atoms. The van der Waals surface area contributed by atoms with Crippen molar-refractivity contribution < 1.29 is 14.6 Å². The third-order valence-electron chi connectivity index (χ3n) is 4.63. The summed E-state index contributed by atoms with van der Waals surface area (Å²) in [6.07, 6.45) is 2.78. The summed E-state index contributed by atoms with van der Waals surface area (Å²) < 4.78 is 6.92. The number of ether oxygens (including phenoxy) is 1. The first-order chi connectivity index (χ1) is 13.0. The number of aromatic nitrogens is 3. The van der Waals surface area contributed by atoms with Gasteiger partial charge in [-0.2, -0.15) is 0 Å². The van der Waals surface area contributed by atoms with E-state index in [9.17, 15) is 14.7 Å². The van der Waals surface area contributed by atoms with Gasteiger partial charge in [-0.15, -0.1) is 11.3 Å². The van der Waals surface area contributed by atoms with Gasteiger partial charge in [0.1, 0.15) is 11.4 Å². The molecule has 1 saturated heterocycles. The van der Waals surface area contributed by atoms with Gasteiger partial charge in [-0.1, -0.05) is 0 Å². The second-order valence-corrected chi connectivity index (χ2v) is 7.12. The molecule has 0 aliphatic carbocycles. The Morgan fingerprint density at radius 2 is 2.22 bits per heavy atom. The second-order valence-electron chi connectivity index (χ2n) is 6.25. The fourth-order valence-electron chi connectivity index (χ4n) is 3.24. The molecule has 0 bridgehead atoms. The third kappa shape index (κ3) is 2.97. The Morgan fingerprint density at radius 1 is 1.41 bits per heavy atom. The number of nitrogens with zero attached hydrogens (tertiary/aromatic N) is 4. The highest BCUT2D eigenvalue weighted by Gasteiger charge is 2.31. The lowest BCUT2D eigenvalue weighted by Crippen LogP contribution is -2.34. The molecule has 1 aliphatic rings. The van der Waals surface area contributed by atoms with Crippen LogP contribution in [0.25, 0.3) is 16.2 Å². The molecule has 10 heteroatoms. The van der Waals surface area contributed by atoms with Crippen LogP contribution in [0.5, 0.6) is 0 Å². The lowest BCUT2D eigenvalue weighted by molar-refractivity contribution is 0.0695. The molecule has 0 aromatic carbocycles. The average molecular weight is 387 g/mol. The molecule has 3 N–H and O–H groups in total. The number of hydrogen-bond acceptors (Lipinski definition) is 8. The zero-order valence-electron chi connectivity index (χ0n) is 14.4. The molecule has 140 valence electrons. The van der Waals surface area contributed by atoms with Gasteiger partial charge in [0.15, 0.2) is 10.8 Å². The molecule has 1 aliphatic heterocycles. The molecule has 0 amide bonds. The first kappa shape index (κ1) is 17.6. The van der Waals surface area contributed by atoms with Gasteiger partial charge < -0.3 is 20.5 Å². The third-order valence-corrected chi connectivity index (χ3v) is 5.40. The van der Waals surface area contributed by atoms with Crippen LogP contribution < -0.4 is 16.1 Å². The maximum atomic E-state index is 12.6. The SMILES string of the molecule is CO[C@H]1CN(c2ccc3c(=O)c(C(=O)O)cn(-c4nccs4)c3n2)CC1N. The van der Waals surface area contributed by atoms with E-state index in [0.717, 1.165) is 0 Å². The van der Waals surface area contributed by atoms with Crippen molar-refractivity contribution in [3.05, 3.63) is 45.7 Å². The predicted octanol–water partition coefficient (Wildman–Crippen LogP) is 0.703. The minimum atomic E-state index is -1.29. The molecule has 4 heterocycles. The molecule has 0 radical (unpaired) electrons. The van der Waals surface area contributed by atoms with Gasteiger partial charge in [0, 0.05) is 38.0 Å². The van der Waals surface area contributed by atoms with Crippen LogP contribution in [0.3, 0.4) is 0 Å². The Kier molecular flexibility index (Phi) is 4.38. The molecule has 0 saturated carbocycles. The minimum absolute atomic E-state index is 0.0990. The van der Waals surface area contributed by atoms with Crippen molar-refractivity contribution in [3.8, 4) is 5.13 Å². The van der Waals surface area contributed by atoms with Crippen molar-refractivity contribution in [2.45, 2.75) is 12.1 Å². The number of pyridine rings is 2. The molecule has 27 heavy (non-hydrogen) atoms. The summed E-state index contributed by atoms with van der Waals surface area (Å²) in [5.74, 6) is -0.644. The maximum Gasteiger partial charge on any atom is 0.341 e. The van der Waals surface area contributed by atoms with E-state index >= 15 is 0 Å². The van der Waals surface area contributed by atoms with Gasteiger partial charge in [-0.05, 0) is 12.1 Å². The molecule has 9 nitrogen and oxygen atoms in total. The van der Waals surface area contributed by atoms with E-state index in [1.165, 1.54) is 22.1 Å². The van der Waals surface area contributed by atoms with Crippen LogP contribution in [0.2, 0.25) is 0 Å². The number of carbonyl (C=O) groups is 1. The molecule has 3 aromatic rings. The molecule has 4 rings (SSSR count). The number of methoxy groups -OCH3 is 1. The second kappa shape index (κ2) is 6.72. The van der Waals surface area contributed by atoms with E-state index in [4.69, 9.17) is 10.5 Å². The average Bonchev–Trinajstić information content (AvgIpc) is 3.31. The van der Waals surface area contributed by atoms with Crippen molar-refractivity contribution in [2.75, 3.05) is 25.1 Å². The standard InChI is InChI=1S/C17H17N5O4S/c1-26-12-8-21(7-11(12)18)13-3-2-9-14(23)10(16(24)25)6-22(15(9)20-13)17-19-4-5-27-17/h2-6,11-12H,7-8,18H2,1H3,(H,24,25)/t11?,12-/m0/s1. The number of thiazole rings is 1. The Balaban J connectivity index is 1.90. The van der Waals surface area contributed by atoms with Crippen LogP contribution in [0.1, 0.15) is 10.4 Å². The number of aromatic carboxylic acids is 1. The van der Waals surface area contributed by atoms with E-state index in [-0.39, 0.29) is 23.1 Å². The number of carboxylic acids is 1. The Bertz CT molecular complexity index is 1070. The zero-order chi connectivity index (χ0) is 19.1. The number of rotatable bonds is 4. The largest absolute Gasteiger partial charge is 0.477 e. The number of hydrogen-bond donors (Lipinski definition) is 2. The summed E-state index contributed by atoms with van der Waals surface area (Å²) in [6, 6.07) is 3.16. The first-order valence-electron chi connectivity index (χ1n) is 8.22. The highest BCUT2D eigenvalue weighted by atomic mass is 32.1. The van der Waals surface area contributed by atoms with Gasteiger partial charge in [0.2, 0.25) is 5.43 Å². The van der Waals surface area contributed by atoms with Gasteiger partial charge >= 0.3 is 5.97 Å². The molecule has 2 atom stereocenters. The summed E-state index contributed by atoms with van der Waals surface area (Å²) in [5, 5.41) is 11.9. The Morgan fingerprint density at radius 3 is 2.85 bits per heavy atom. The fraction of sp³-hybridized carbons (Fsp3) is 0.294. The van der Waals surface area contributed by atoms with Gasteiger partial charge in [-0.3, -0.25) is 9.36 Å². The van der Waals surface area contributed by atoms with E-state index < -0.39 is 11.4 Å². The monoisotopic (exact) mass is 387 g/mol. The van der Waals surface area contributed by atoms with E-state index in [0.29, 0.717) is 29.7 Å². The first-order valence-corrected chi connectivity index (χ1v) is 9.10. The van der Waals surface area contributed by atoms with Gasteiger partial charge in [-0.25, -0.2) is 14.8 Å². The van der Waals surface area contributed by atoms with Crippen molar-refractivity contribution in [1.29, 1.82) is 0 Å². The highest BCUT2D eigenvalue weighted by Crippen LogP contribution is 2.24. The van der Waals surface area contributed by atoms with Crippen molar-refractivity contribution in [1.82, 2.24) is 14.5 Å². The molecule has 1 unspecified atom stereocenters. The number of carboxylic acid groups (broad SMARTS) is 1. The van der Waals surface area contributed by atoms with Crippen LogP contribution in [-0.2, 0) is 4.74 Å². The van der Waals surface area contributed by atoms with Crippen LogP contribution in [0, 0.1) is 0 Å². The number of nitrogens with two attached hydrogens (primary N) is 1. The van der Waals surface area contributed by atoms with Crippen molar-refractivity contribution in [3.63, 3.8) is 0 Å². The van der Waals surface area contributed by atoms with Crippen molar-refractivity contribution in [2.24, 2.45) is 5.73 Å². The number of anilines is 1. The predicted molar refractivity (Wildman–Crippen MR) is 101 cm³/mol. The van der Waals surface area contributed by atoms with Crippen LogP contribution in [0.15, 0.2) is 34.7 Å². The van der Waals surface area contributed by atoms with Gasteiger partial charge in [0.05, 0.1) is 17.5 Å². The molecular formula is C17H17N5O4S. The van der Waals surface area contributed by atoms with Crippen LogP contribution in [0.4, 0.5) is 5.82 Å². The van der Waals surface area contributed by atoms with Crippen molar-refractivity contribution >= 4 is 34.2 Å². The summed E-state index contributed by atoms with van der Waals surface area (Å²) in [7, 11) is 1.62. The topological polar surface area (TPSA) is 124 Å². The molecule has 3 aromatic heterocycles. The number of fused-ring (bicyclic) bond motifs is 1. The zero-order valence-corrected chi connectivity index (χ0v) is 15.2. The Labute approximate surface area is 157 Å². The van der Waals surface area contributed by atoms with Crippen LogP contribution in [-0.4, -0.2) is 58.0 Å². The van der Waals surface area contributed by atoms with E-state index in [1.54, 1.807) is 30.8 Å². The molecule has 1 fully saturated rings. The lowest BCUT2D eigenvalue weighted by Gasteiger charge is -2.18. The highest BCUT2D eigenvalue weighted by molar-refractivity contribution is 7.12.